The molecule has 4 aromatic rings. The molecule has 0 aliphatic rings. The number of primary sulfonamides is 1. The van der Waals surface area contributed by atoms with Crippen LogP contribution in [0.25, 0.3) is 10.9 Å². The second kappa shape index (κ2) is 8.37. The summed E-state index contributed by atoms with van der Waals surface area (Å²) in [6.45, 7) is 0.166. The molecule has 2 aromatic heterocycles. The van der Waals surface area contributed by atoms with E-state index in [9.17, 15) is 16.8 Å². The first-order valence-electron chi connectivity index (χ1n) is 9.02. The first kappa shape index (κ1) is 22.6. The number of aromatic nitrogens is 2. The number of fused-ring (bicyclic) bond motifs is 1. The van der Waals surface area contributed by atoms with Gasteiger partial charge in [0.1, 0.15) is 9.96 Å². The summed E-state index contributed by atoms with van der Waals surface area (Å²) in [7, 11) is -6.34. The zero-order valence-corrected chi connectivity index (χ0v) is 19.7. The molecule has 168 valence electrons. The molecule has 13 heteroatoms. The summed E-state index contributed by atoms with van der Waals surface area (Å²) in [6.07, 6.45) is 0. The lowest BCUT2D eigenvalue weighted by Crippen LogP contribution is -2.13. The quantitative estimate of drug-likeness (QED) is 0.390. The summed E-state index contributed by atoms with van der Waals surface area (Å²) >= 11 is 6.81. The Hall–Kier alpha value is -2.64. The number of nitrogens with one attached hydrogen (secondary N) is 1. The number of nitrogens with zero attached hydrogens (tertiary/aromatic N) is 2. The Morgan fingerprint density at radius 2 is 1.88 bits per heavy atom. The Balaban J connectivity index is 1.80. The largest absolute Gasteiger partial charge is 0.496 e. The fraction of sp³-hybridized carbons (Fsp3) is 0.105. The average Bonchev–Trinajstić information content (AvgIpc) is 3.32. The van der Waals surface area contributed by atoms with Crippen molar-refractivity contribution in [1.29, 1.82) is 0 Å². The van der Waals surface area contributed by atoms with Crippen LogP contribution in [0.15, 0.2) is 63.7 Å². The normalized spacial score (nSPS) is 12.2. The smallest absolute Gasteiger partial charge is 0.272 e. The highest BCUT2D eigenvalue weighted by atomic mass is 35.5. The van der Waals surface area contributed by atoms with Crippen molar-refractivity contribution in [3.05, 3.63) is 64.5 Å². The van der Waals surface area contributed by atoms with Gasteiger partial charge in [-0.05, 0) is 42.0 Å². The molecule has 2 aromatic carbocycles. The van der Waals surface area contributed by atoms with E-state index in [0.717, 1.165) is 11.3 Å². The maximum Gasteiger partial charge on any atom is 0.272 e. The van der Waals surface area contributed by atoms with Gasteiger partial charge in [-0.15, -0.1) is 11.3 Å². The fourth-order valence-corrected chi connectivity index (χ4v) is 6.25. The number of hydrogen-bond donors (Lipinski definition) is 2. The van der Waals surface area contributed by atoms with Gasteiger partial charge in [-0.3, -0.25) is 9.40 Å². The van der Waals surface area contributed by atoms with Crippen molar-refractivity contribution in [2.24, 2.45) is 5.14 Å². The third kappa shape index (κ3) is 4.45. The molecule has 3 N–H and O–H groups in total. The van der Waals surface area contributed by atoms with E-state index >= 15 is 0 Å². The number of rotatable bonds is 7. The lowest BCUT2D eigenvalue weighted by atomic mass is 10.2. The highest BCUT2D eigenvalue weighted by Gasteiger charge is 2.23. The molecule has 0 aliphatic carbocycles. The lowest BCUT2D eigenvalue weighted by molar-refractivity contribution is 0.420. The Morgan fingerprint density at radius 1 is 1.12 bits per heavy atom. The van der Waals surface area contributed by atoms with E-state index in [1.165, 1.54) is 31.4 Å². The molecule has 0 saturated heterocycles. The van der Waals surface area contributed by atoms with Gasteiger partial charge in [0.2, 0.25) is 10.0 Å². The summed E-state index contributed by atoms with van der Waals surface area (Å²) in [4.78, 5) is -0.0282. The molecular formula is C19H17ClN4O5S3. The predicted octanol–water partition coefficient (Wildman–Crippen LogP) is 3.26. The van der Waals surface area contributed by atoms with Gasteiger partial charge in [0.25, 0.3) is 10.0 Å². The van der Waals surface area contributed by atoms with Crippen LogP contribution in [-0.4, -0.2) is 33.7 Å². The van der Waals surface area contributed by atoms with Crippen molar-refractivity contribution < 1.29 is 21.6 Å². The van der Waals surface area contributed by atoms with Crippen LogP contribution in [0.3, 0.4) is 0 Å². The number of hydrogen-bond acceptors (Lipinski definition) is 7. The molecule has 0 unspecified atom stereocenters. The van der Waals surface area contributed by atoms with Crippen LogP contribution in [0.1, 0.15) is 5.56 Å². The molecule has 0 amide bonds. The molecule has 32 heavy (non-hydrogen) atoms. The first-order chi connectivity index (χ1) is 15.1. The minimum absolute atomic E-state index is 0.0282. The fourth-order valence-electron chi connectivity index (χ4n) is 3.17. The van der Waals surface area contributed by atoms with Gasteiger partial charge in [-0.2, -0.15) is 5.10 Å². The van der Waals surface area contributed by atoms with Crippen LogP contribution in [-0.2, 0) is 26.6 Å². The van der Waals surface area contributed by atoms with Gasteiger partial charge < -0.3 is 4.74 Å². The van der Waals surface area contributed by atoms with Crippen LogP contribution in [0.5, 0.6) is 5.75 Å². The third-order valence-corrected chi connectivity index (χ3v) is 8.54. The Bertz CT molecular complexity index is 1530. The van der Waals surface area contributed by atoms with E-state index < -0.39 is 20.0 Å². The monoisotopic (exact) mass is 512 g/mol. The zero-order chi connectivity index (χ0) is 23.1. The standard InChI is InChI=1S/C19H17ClN4O5S3/c1-29-15-7-3-6-14-18(15)19(23-32(27,28)17-9-8-16(20)30-17)22-24(14)11-12-4-2-5-13(10-12)31(21,25)26/h2-10H,11H2,1H3,(H,22,23)(H2,21,25,26). The molecule has 4 rings (SSSR count). The van der Waals surface area contributed by atoms with Crippen molar-refractivity contribution in [3.63, 3.8) is 0 Å². The van der Waals surface area contributed by atoms with E-state index in [0.29, 0.717) is 26.6 Å². The van der Waals surface area contributed by atoms with Gasteiger partial charge >= 0.3 is 0 Å². The second-order valence-corrected chi connectivity index (χ2v) is 11.9. The summed E-state index contributed by atoms with van der Waals surface area (Å²) in [6, 6.07) is 14.2. The molecule has 0 fully saturated rings. The Morgan fingerprint density at radius 3 is 2.53 bits per heavy atom. The number of benzene rings is 2. The number of methoxy groups -OCH3 is 1. The molecule has 0 radical (unpaired) electrons. The summed E-state index contributed by atoms with van der Waals surface area (Å²) < 4.78 is 58.9. The van der Waals surface area contributed by atoms with E-state index in [2.05, 4.69) is 9.82 Å². The highest BCUT2D eigenvalue weighted by molar-refractivity contribution is 7.94. The lowest BCUT2D eigenvalue weighted by Gasteiger charge is -2.06. The van der Waals surface area contributed by atoms with E-state index in [1.807, 2.05) is 0 Å². The van der Waals surface area contributed by atoms with Crippen LogP contribution in [0, 0.1) is 0 Å². The van der Waals surface area contributed by atoms with Crippen LogP contribution < -0.4 is 14.6 Å². The number of anilines is 1. The molecular weight excluding hydrogens is 496 g/mol. The average molecular weight is 513 g/mol. The molecule has 9 nitrogen and oxygen atoms in total. The van der Waals surface area contributed by atoms with Crippen molar-refractivity contribution >= 4 is 59.7 Å². The van der Waals surface area contributed by atoms with Gasteiger partial charge in [0.15, 0.2) is 5.82 Å². The number of ether oxygens (including phenoxy) is 1. The molecule has 2 heterocycles. The highest BCUT2D eigenvalue weighted by Crippen LogP contribution is 2.35. The summed E-state index contributed by atoms with van der Waals surface area (Å²) in [5.74, 6) is 0.499. The maximum atomic E-state index is 12.9. The third-order valence-electron chi connectivity index (χ3n) is 4.56. The van der Waals surface area contributed by atoms with Gasteiger partial charge in [-0.25, -0.2) is 22.0 Å². The topological polar surface area (TPSA) is 133 Å². The van der Waals surface area contributed by atoms with Gasteiger partial charge in [-0.1, -0.05) is 29.8 Å². The van der Waals surface area contributed by atoms with Crippen LogP contribution in [0.4, 0.5) is 5.82 Å². The van der Waals surface area contributed by atoms with E-state index in [4.69, 9.17) is 21.5 Å². The van der Waals surface area contributed by atoms with Gasteiger partial charge in [0.05, 0.1) is 33.8 Å². The number of nitrogens with two attached hydrogens (primary N) is 1. The minimum Gasteiger partial charge on any atom is -0.496 e. The minimum atomic E-state index is -3.94. The predicted molar refractivity (Wildman–Crippen MR) is 123 cm³/mol. The van der Waals surface area contributed by atoms with Crippen molar-refractivity contribution in [2.45, 2.75) is 15.6 Å². The molecule has 0 spiro atoms. The van der Waals surface area contributed by atoms with Gasteiger partial charge in [0, 0.05) is 0 Å². The van der Waals surface area contributed by atoms with Crippen LogP contribution >= 0.6 is 22.9 Å². The molecule has 0 atom stereocenters. The molecule has 0 aliphatic heterocycles. The Kier molecular flexibility index (Phi) is 5.90. The molecule has 0 bridgehead atoms. The van der Waals surface area contributed by atoms with E-state index in [-0.39, 0.29) is 21.5 Å². The van der Waals surface area contributed by atoms with Crippen molar-refractivity contribution in [3.8, 4) is 5.75 Å². The van der Waals surface area contributed by atoms with Crippen molar-refractivity contribution in [1.82, 2.24) is 9.78 Å². The second-order valence-electron chi connectivity index (χ2n) is 6.72. The first-order valence-corrected chi connectivity index (χ1v) is 13.2. The van der Waals surface area contributed by atoms with E-state index in [1.54, 1.807) is 35.0 Å². The van der Waals surface area contributed by atoms with Crippen molar-refractivity contribution in [2.75, 3.05) is 11.8 Å². The maximum absolute atomic E-state index is 12.9. The number of thiophene rings is 1. The molecule has 0 saturated carbocycles. The number of halogens is 1. The summed E-state index contributed by atoms with van der Waals surface area (Å²) in [5.41, 5.74) is 1.20. The zero-order valence-electron chi connectivity index (χ0n) is 16.5. The summed E-state index contributed by atoms with van der Waals surface area (Å²) in [5, 5.41) is 10.1. The van der Waals surface area contributed by atoms with Crippen LogP contribution in [0.2, 0.25) is 4.34 Å². The SMILES string of the molecule is COc1cccc2c1c(NS(=O)(=O)c1ccc(Cl)s1)nn2Cc1cccc(S(N)(=O)=O)c1. The Labute approximate surface area is 193 Å². The number of sulfonamides is 2.